The summed E-state index contributed by atoms with van der Waals surface area (Å²) >= 11 is 0.936. The summed E-state index contributed by atoms with van der Waals surface area (Å²) in [6.07, 6.45) is 0.306. The van der Waals surface area contributed by atoms with Crippen molar-refractivity contribution in [3.8, 4) is 16.9 Å². The third kappa shape index (κ3) is 17.7. The Hall–Kier alpha value is -5.92. The fourth-order valence-electron chi connectivity index (χ4n) is 5.03. The van der Waals surface area contributed by atoms with Gasteiger partial charge in [0.25, 0.3) is 6.10 Å². The Morgan fingerprint density at radius 1 is 0.820 bits per heavy atom. The number of alkyl carbamates (subject to hydrolysis) is 2. The number of anilines is 1. The van der Waals surface area contributed by atoms with E-state index in [1.807, 2.05) is 28.7 Å². The minimum atomic E-state index is -1.51. The Morgan fingerprint density at radius 3 is 1.95 bits per heavy atom. The second-order valence-corrected chi connectivity index (χ2v) is 18.5. The van der Waals surface area contributed by atoms with E-state index in [0.29, 0.717) is 18.7 Å². The molecule has 0 unspecified atom stereocenters. The van der Waals surface area contributed by atoms with Gasteiger partial charge in [0, 0.05) is 5.38 Å². The number of aliphatic carboxylic acids is 1. The molecule has 19 nitrogen and oxygen atoms in total. The maximum absolute atomic E-state index is 13.2. The second-order valence-electron chi connectivity index (χ2n) is 17.6. The highest BCUT2D eigenvalue weighted by Crippen LogP contribution is 2.24. The molecule has 20 heteroatoms. The third-order valence-electron chi connectivity index (χ3n) is 7.34. The van der Waals surface area contributed by atoms with Crippen molar-refractivity contribution < 1.29 is 62.3 Å². The lowest BCUT2D eigenvalue weighted by atomic mass is 10.1. The van der Waals surface area contributed by atoms with Crippen molar-refractivity contribution in [2.45, 2.75) is 138 Å². The number of thiazole rings is 1. The van der Waals surface area contributed by atoms with Crippen LogP contribution >= 0.6 is 11.3 Å². The van der Waals surface area contributed by atoms with Gasteiger partial charge in [-0.2, -0.15) is 0 Å². The fraction of sp³-hybridized carbons (Fsp3) is 0.561. The molecule has 0 bridgehead atoms. The minimum absolute atomic E-state index is 0.0536. The first-order valence-corrected chi connectivity index (χ1v) is 20.5. The normalized spacial score (nSPS) is 13.3. The minimum Gasteiger partial charge on any atom is -0.489 e. The first-order valence-electron chi connectivity index (χ1n) is 19.6. The molecule has 3 aromatic rings. The SMILES string of the molecule is CC[C@@H](NC(=O)OC(C)(C)C)n1cc(-c2ccc(OC[C@H](O/N=C(\C(=O)O)c3csc(NC(=O)OC(C)(C)C)n3)C(=O)OC(C)(C)C)cc2)c[n+]1CCNC(=O)OC(C)(C)C. The molecule has 0 aliphatic carbocycles. The van der Waals surface area contributed by atoms with Crippen molar-refractivity contribution in [3.05, 3.63) is 47.7 Å². The number of carboxylic acid groups (broad SMARTS) is 1. The maximum Gasteiger partial charge on any atom is 0.413 e. The predicted molar refractivity (Wildman–Crippen MR) is 225 cm³/mol. The molecule has 1 aromatic carbocycles. The molecule has 336 valence electrons. The maximum atomic E-state index is 13.2. The first kappa shape index (κ1) is 49.4. The van der Waals surface area contributed by atoms with E-state index >= 15 is 0 Å². The number of carbonyl (C=O) groups excluding carboxylic acids is 4. The summed E-state index contributed by atoms with van der Waals surface area (Å²) in [6.45, 7) is 22.8. The average molecular weight is 875 g/mol. The predicted octanol–water partition coefficient (Wildman–Crippen LogP) is 6.80. The lowest BCUT2D eigenvalue weighted by Crippen LogP contribution is -2.51. The molecule has 3 rings (SSSR count). The van der Waals surface area contributed by atoms with Crippen molar-refractivity contribution in [2.75, 3.05) is 18.5 Å². The van der Waals surface area contributed by atoms with E-state index < -0.39 is 77.2 Å². The van der Waals surface area contributed by atoms with E-state index in [4.69, 9.17) is 28.5 Å². The number of benzene rings is 1. The van der Waals surface area contributed by atoms with Gasteiger partial charge in [0.2, 0.25) is 11.9 Å². The zero-order valence-electron chi connectivity index (χ0n) is 37.2. The van der Waals surface area contributed by atoms with Crippen LogP contribution in [0, 0.1) is 0 Å². The van der Waals surface area contributed by atoms with Crippen LogP contribution in [0.15, 0.2) is 47.2 Å². The van der Waals surface area contributed by atoms with Gasteiger partial charge in [-0.15, -0.1) is 20.7 Å². The summed E-state index contributed by atoms with van der Waals surface area (Å²) in [5.41, 5.74) is -2.29. The molecule has 2 aromatic heterocycles. The highest BCUT2D eigenvalue weighted by atomic mass is 32.1. The van der Waals surface area contributed by atoms with Crippen LogP contribution in [0.4, 0.5) is 19.5 Å². The molecular weight excluding hydrogens is 815 g/mol. The summed E-state index contributed by atoms with van der Waals surface area (Å²) < 4.78 is 31.2. The van der Waals surface area contributed by atoms with Crippen LogP contribution in [0.1, 0.15) is 108 Å². The number of nitrogens with one attached hydrogen (secondary N) is 3. The number of oxime groups is 1. The van der Waals surface area contributed by atoms with Crippen LogP contribution in [0.2, 0.25) is 0 Å². The van der Waals surface area contributed by atoms with Crippen LogP contribution in [0.25, 0.3) is 11.1 Å². The Bertz CT molecular complexity index is 2020. The van der Waals surface area contributed by atoms with Crippen LogP contribution in [-0.2, 0) is 39.9 Å². The summed E-state index contributed by atoms with van der Waals surface area (Å²) in [4.78, 5) is 72.3. The standard InChI is InChI=1S/C41H59N7O12S/c1-14-30(44-36(53)58-40(8,9)10)48-22-26(21-47(48)20-19-42-35(52)57-39(5,6)7)25-15-17-27(18-16-25)55-23-29(33(51)56-38(2,3)4)60-46-31(32(49)50)28-24-61-34(43-28)45-37(54)59-41(11,12)13/h15-18,21-22,24,29-30H,14,19-20,23H2,1-13H3,(H3-,42,43,44,45,49,50,52,53,54)/p+1/b46-31-/t29-,30-/m0/s1. The molecule has 0 saturated carbocycles. The zero-order valence-corrected chi connectivity index (χ0v) is 38.0. The van der Waals surface area contributed by atoms with Crippen molar-refractivity contribution in [1.82, 2.24) is 20.3 Å². The number of hydrogen-bond acceptors (Lipinski definition) is 14. The molecule has 0 aliphatic heterocycles. The second kappa shape index (κ2) is 20.6. The van der Waals surface area contributed by atoms with Crippen LogP contribution in [0.5, 0.6) is 5.75 Å². The summed E-state index contributed by atoms with van der Waals surface area (Å²) in [5, 5.41) is 23.2. The van der Waals surface area contributed by atoms with Gasteiger partial charge in [0.05, 0.1) is 18.3 Å². The van der Waals surface area contributed by atoms with Gasteiger partial charge in [0.1, 0.15) is 40.5 Å². The van der Waals surface area contributed by atoms with Gasteiger partial charge in [0.15, 0.2) is 17.8 Å². The number of ether oxygens (including phenoxy) is 5. The number of amides is 3. The summed E-state index contributed by atoms with van der Waals surface area (Å²) in [5.74, 6) is -2.03. The largest absolute Gasteiger partial charge is 0.489 e. The van der Waals surface area contributed by atoms with Gasteiger partial charge in [-0.3, -0.25) is 10.6 Å². The van der Waals surface area contributed by atoms with Crippen LogP contribution in [0.3, 0.4) is 0 Å². The van der Waals surface area contributed by atoms with Gasteiger partial charge < -0.3 is 38.9 Å². The Kier molecular flexibility index (Phi) is 16.7. The monoisotopic (exact) mass is 874 g/mol. The van der Waals surface area contributed by atoms with E-state index in [9.17, 15) is 29.1 Å². The molecule has 0 saturated heterocycles. The molecule has 4 N–H and O–H groups in total. The van der Waals surface area contributed by atoms with E-state index in [-0.39, 0.29) is 17.4 Å². The molecule has 0 spiro atoms. The third-order valence-corrected chi connectivity index (χ3v) is 8.10. The first-order chi connectivity index (χ1) is 28.1. The van der Waals surface area contributed by atoms with Gasteiger partial charge >= 0.3 is 30.2 Å². The topological polar surface area (TPSA) is 231 Å². The van der Waals surface area contributed by atoms with Gasteiger partial charge in [-0.1, -0.05) is 24.2 Å². The van der Waals surface area contributed by atoms with Crippen molar-refractivity contribution in [2.24, 2.45) is 5.16 Å². The highest BCUT2D eigenvalue weighted by molar-refractivity contribution is 7.14. The number of nitrogens with zero attached hydrogens (tertiary/aromatic N) is 4. The molecule has 0 fully saturated rings. The quantitative estimate of drug-likeness (QED) is 0.0382. The van der Waals surface area contributed by atoms with Crippen molar-refractivity contribution in [3.63, 3.8) is 0 Å². The number of carbonyl (C=O) groups is 5. The molecule has 2 atom stereocenters. The molecule has 0 radical (unpaired) electrons. The van der Waals surface area contributed by atoms with E-state index in [2.05, 4.69) is 26.1 Å². The molecule has 0 aliphatic rings. The highest BCUT2D eigenvalue weighted by Gasteiger charge is 2.30. The molecule has 61 heavy (non-hydrogen) atoms. The molecule has 2 heterocycles. The number of aromatic nitrogens is 3. The number of hydrogen-bond donors (Lipinski definition) is 4. The Balaban J connectivity index is 1.84. The fourth-order valence-corrected chi connectivity index (χ4v) is 5.71. The lowest BCUT2D eigenvalue weighted by Gasteiger charge is -2.23. The van der Waals surface area contributed by atoms with Crippen molar-refractivity contribution in [1.29, 1.82) is 0 Å². The Labute approximate surface area is 360 Å². The van der Waals surface area contributed by atoms with E-state index in [0.717, 1.165) is 22.5 Å². The number of esters is 1. The summed E-state index contributed by atoms with van der Waals surface area (Å²) in [6, 6.07) is 6.92. The Morgan fingerprint density at radius 2 is 1.39 bits per heavy atom. The number of carboxylic acids is 1. The molecule has 3 amide bonds. The number of rotatable bonds is 16. The average Bonchev–Trinajstić information content (AvgIpc) is 3.72. The van der Waals surface area contributed by atoms with Gasteiger partial charge in [-0.05, 0) is 107 Å². The van der Waals surface area contributed by atoms with E-state index in [1.54, 1.807) is 107 Å². The van der Waals surface area contributed by atoms with Gasteiger partial charge in [-0.25, -0.2) is 29.0 Å². The zero-order chi connectivity index (χ0) is 45.9. The van der Waals surface area contributed by atoms with Crippen LogP contribution < -0.4 is 25.4 Å². The summed E-state index contributed by atoms with van der Waals surface area (Å²) in [7, 11) is 0. The lowest BCUT2D eigenvalue weighted by molar-refractivity contribution is -0.776. The smallest absolute Gasteiger partial charge is 0.413 e. The molecular formula is C41H60N7O12S+. The van der Waals surface area contributed by atoms with Crippen LogP contribution in [-0.4, -0.2) is 92.4 Å². The van der Waals surface area contributed by atoms with E-state index in [1.165, 1.54) is 5.38 Å². The van der Waals surface area contributed by atoms with Crippen molar-refractivity contribution >= 4 is 52.4 Å².